The smallest absolute Gasteiger partial charge is 0.305 e. The van der Waals surface area contributed by atoms with E-state index >= 15 is 0 Å². The van der Waals surface area contributed by atoms with Gasteiger partial charge in [-0.15, -0.1) is 0 Å². The maximum Gasteiger partial charge on any atom is 0.305 e. The summed E-state index contributed by atoms with van der Waals surface area (Å²) in [7, 11) is 0. The van der Waals surface area contributed by atoms with Gasteiger partial charge in [-0.1, -0.05) is 230 Å². The summed E-state index contributed by atoms with van der Waals surface area (Å²) in [5, 5.41) is 23.3. The van der Waals surface area contributed by atoms with E-state index in [9.17, 15) is 19.8 Å². The fourth-order valence-corrected chi connectivity index (χ4v) is 8.37. The van der Waals surface area contributed by atoms with Crippen LogP contribution in [0.1, 0.15) is 290 Å². The van der Waals surface area contributed by atoms with Gasteiger partial charge in [0.15, 0.2) is 0 Å². The van der Waals surface area contributed by atoms with E-state index in [2.05, 4.69) is 55.6 Å². The van der Waals surface area contributed by atoms with Crippen molar-refractivity contribution in [2.24, 2.45) is 0 Å². The molecule has 0 heterocycles. The summed E-state index contributed by atoms with van der Waals surface area (Å²) in [5.41, 5.74) is 0. The molecule has 63 heavy (non-hydrogen) atoms. The monoisotopic (exact) mass is 886 g/mol. The van der Waals surface area contributed by atoms with E-state index in [1.807, 2.05) is 0 Å². The summed E-state index contributed by atoms with van der Waals surface area (Å²) in [4.78, 5) is 24.5. The summed E-state index contributed by atoms with van der Waals surface area (Å²) in [5.74, 6) is -0.102. The molecule has 370 valence electrons. The highest BCUT2D eigenvalue weighted by atomic mass is 16.5. The minimum absolute atomic E-state index is 0.0384. The summed E-state index contributed by atoms with van der Waals surface area (Å²) >= 11 is 0. The van der Waals surface area contributed by atoms with Crippen LogP contribution in [0.2, 0.25) is 0 Å². The molecule has 0 aromatic heterocycles. The zero-order valence-corrected chi connectivity index (χ0v) is 42.1. The molecular weight excluding hydrogens is 779 g/mol. The number of aliphatic hydroxyl groups excluding tert-OH is 2. The molecule has 0 aliphatic rings. The minimum Gasteiger partial charge on any atom is -0.466 e. The van der Waals surface area contributed by atoms with Crippen molar-refractivity contribution in [1.82, 2.24) is 5.32 Å². The number of carbonyl (C=O) groups is 2. The van der Waals surface area contributed by atoms with Gasteiger partial charge in [0.05, 0.1) is 25.4 Å². The first kappa shape index (κ1) is 61.1. The van der Waals surface area contributed by atoms with E-state index in [4.69, 9.17) is 4.74 Å². The van der Waals surface area contributed by atoms with Crippen LogP contribution >= 0.6 is 0 Å². The Morgan fingerprint density at radius 1 is 0.444 bits per heavy atom. The molecule has 0 rings (SSSR count). The highest BCUT2D eigenvalue weighted by Crippen LogP contribution is 2.16. The van der Waals surface area contributed by atoms with Crippen molar-refractivity contribution in [2.75, 3.05) is 13.2 Å². The highest BCUT2D eigenvalue weighted by Gasteiger charge is 2.20. The molecule has 0 saturated heterocycles. The number of allylic oxidation sites excluding steroid dienone is 6. The Labute approximate surface area is 392 Å². The average molecular weight is 886 g/mol. The second-order valence-electron chi connectivity index (χ2n) is 18.9. The Morgan fingerprint density at radius 3 is 1.24 bits per heavy atom. The molecule has 0 aliphatic carbocycles. The summed E-state index contributed by atoms with van der Waals surface area (Å²) < 4.78 is 5.45. The molecule has 0 saturated carbocycles. The Balaban J connectivity index is 3.51. The van der Waals surface area contributed by atoms with Crippen molar-refractivity contribution >= 4 is 11.9 Å². The van der Waals surface area contributed by atoms with E-state index in [1.54, 1.807) is 0 Å². The molecule has 0 spiro atoms. The van der Waals surface area contributed by atoms with Crippen LogP contribution in [0, 0.1) is 0 Å². The molecule has 6 nitrogen and oxygen atoms in total. The van der Waals surface area contributed by atoms with Crippen LogP contribution in [-0.2, 0) is 14.3 Å². The van der Waals surface area contributed by atoms with E-state index in [0.717, 1.165) is 89.9 Å². The minimum atomic E-state index is -0.684. The van der Waals surface area contributed by atoms with Crippen LogP contribution in [-0.4, -0.2) is 47.4 Å². The predicted molar refractivity (Wildman–Crippen MR) is 273 cm³/mol. The highest BCUT2D eigenvalue weighted by molar-refractivity contribution is 5.76. The van der Waals surface area contributed by atoms with Crippen LogP contribution in [0.3, 0.4) is 0 Å². The first-order valence-corrected chi connectivity index (χ1v) is 27.7. The van der Waals surface area contributed by atoms with Gasteiger partial charge in [0, 0.05) is 12.8 Å². The largest absolute Gasteiger partial charge is 0.466 e. The Hall–Kier alpha value is -1.92. The maximum atomic E-state index is 12.5. The number of nitrogens with one attached hydrogen (secondary N) is 1. The number of esters is 1. The third-order valence-corrected chi connectivity index (χ3v) is 12.7. The lowest BCUT2D eigenvalue weighted by Gasteiger charge is -2.22. The molecule has 3 N–H and O–H groups in total. The number of rotatable bonds is 51. The number of aliphatic hydroxyl groups is 2. The van der Waals surface area contributed by atoms with Crippen molar-refractivity contribution in [3.8, 4) is 0 Å². The number of ether oxygens (including phenoxy) is 1. The van der Waals surface area contributed by atoms with Crippen molar-refractivity contribution in [3.05, 3.63) is 36.5 Å². The van der Waals surface area contributed by atoms with Gasteiger partial charge >= 0.3 is 5.97 Å². The molecule has 0 radical (unpaired) electrons. The number of hydrogen-bond donors (Lipinski definition) is 3. The first-order valence-electron chi connectivity index (χ1n) is 27.7. The molecule has 0 fully saturated rings. The Bertz CT molecular complexity index is 1020. The zero-order valence-electron chi connectivity index (χ0n) is 42.1. The van der Waals surface area contributed by atoms with Gasteiger partial charge in [0.25, 0.3) is 0 Å². The quantitative estimate of drug-likeness (QED) is 0.0321. The van der Waals surface area contributed by atoms with Crippen LogP contribution in [0.5, 0.6) is 0 Å². The van der Waals surface area contributed by atoms with Gasteiger partial charge in [-0.3, -0.25) is 9.59 Å². The fourth-order valence-electron chi connectivity index (χ4n) is 8.37. The van der Waals surface area contributed by atoms with Crippen LogP contribution in [0.4, 0.5) is 0 Å². The van der Waals surface area contributed by atoms with Crippen molar-refractivity contribution < 1.29 is 24.5 Å². The second-order valence-corrected chi connectivity index (χ2v) is 18.9. The van der Waals surface area contributed by atoms with Gasteiger partial charge in [-0.25, -0.2) is 0 Å². The zero-order chi connectivity index (χ0) is 45.8. The lowest BCUT2D eigenvalue weighted by molar-refractivity contribution is -0.143. The SMILES string of the molecule is CCCCCC/C=C\C/C=C\CCCCCCCCCC(=O)OCCCC/C=C\CCCCCCCC(=O)NC(CO)C(O)CCCCCCCCCCCCCCCCCCC. The van der Waals surface area contributed by atoms with Crippen molar-refractivity contribution in [3.63, 3.8) is 0 Å². The second kappa shape index (κ2) is 52.7. The predicted octanol–water partition coefficient (Wildman–Crippen LogP) is 16.9. The average Bonchev–Trinajstić information content (AvgIpc) is 3.28. The molecule has 0 aromatic rings. The molecule has 2 atom stereocenters. The number of carbonyl (C=O) groups excluding carboxylic acids is 2. The van der Waals surface area contributed by atoms with Gasteiger partial charge in [0.2, 0.25) is 5.91 Å². The molecule has 0 aromatic carbocycles. The van der Waals surface area contributed by atoms with E-state index in [0.29, 0.717) is 25.9 Å². The number of unbranched alkanes of at least 4 members (excludes halogenated alkanes) is 34. The topological polar surface area (TPSA) is 95.9 Å². The lowest BCUT2D eigenvalue weighted by Crippen LogP contribution is -2.45. The molecule has 6 heteroatoms. The van der Waals surface area contributed by atoms with Gasteiger partial charge in [-0.05, 0) is 83.5 Å². The normalized spacial score (nSPS) is 12.9. The summed E-state index contributed by atoms with van der Waals surface area (Å²) in [6.45, 7) is 4.86. The van der Waals surface area contributed by atoms with Crippen LogP contribution in [0.15, 0.2) is 36.5 Å². The van der Waals surface area contributed by atoms with Gasteiger partial charge < -0.3 is 20.3 Å². The third-order valence-electron chi connectivity index (χ3n) is 12.7. The Kier molecular flexibility index (Phi) is 51.1. The fraction of sp³-hybridized carbons (Fsp3) is 0.860. The number of hydrogen-bond acceptors (Lipinski definition) is 5. The summed E-state index contributed by atoms with van der Waals surface area (Å²) in [6, 6.07) is -0.564. The van der Waals surface area contributed by atoms with Crippen LogP contribution < -0.4 is 5.32 Å². The molecular formula is C57H107NO5. The molecule has 1 amide bonds. The summed E-state index contributed by atoms with van der Waals surface area (Å²) in [6.07, 6.45) is 64.1. The number of amides is 1. The van der Waals surface area contributed by atoms with Gasteiger partial charge in [0.1, 0.15) is 0 Å². The molecule has 0 bridgehead atoms. The first-order chi connectivity index (χ1) is 31.0. The van der Waals surface area contributed by atoms with E-state index in [1.165, 1.54) is 167 Å². The van der Waals surface area contributed by atoms with Crippen molar-refractivity contribution in [2.45, 2.75) is 302 Å². The third kappa shape index (κ3) is 49.4. The molecule has 2 unspecified atom stereocenters. The standard InChI is InChI=1S/C57H107NO5/c1-3-5-7-9-11-13-15-17-19-21-23-25-27-31-35-39-43-47-51-57(62)63-52-48-44-40-36-32-28-30-34-38-42-46-50-56(61)58-54(53-59)55(60)49-45-41-37-33-29-26-24-22-20-18-16-14-12-10-8-6-4-2/h13,15,19,21,32,36,54-55,59-60H,3-12,14,16-18,20,22-31,33-35,37-53H2,1-2H3,(H,58,61)/b15-13-,21-19-,36-32-. The molecule has 0 aliphatic heterocycles. The Morgan fingerprint density at radius 2 is 0.794 bits per heavy atom. The van der Waals surface area contributed by atoms with Gasteiger partial charge in [-0.2, -0.15) is 0 Å². The maximum absolute atomic E-state index is 12.5. The van der Waals surface area contributed by atoms with E-state index < -0.39 is 12.1 Å². The lowest BCUT2D eigenvalue weighted by atomic mass is 10.0. The van der Waals surface area contributed by atoms with E-state index in [-0.39, 0.29) is 18.5 Å². The van der Waals surface area contributed by atoms with Crippen molar-refractivity contribution in [1.29, 1.82) is 0 Å². The van der Waals surface area contributed by atoms with Crippen LogP contribution in [0.25, 0.3) is 0 Å².